The van der Waals surface area contributed by atoms with Crippen molar-refractivity contribution in [3.63, 3.8) is 0 Å². The maximum Gasteiger partial charge on any atom is 0.410 e. The molecule has 2 heterocycles. The van der Waals surface area contributed by atoms with Crippen LogP contribution in [0.3, 0.4) is 0 Å². The largest absolute Gasteiger partial charge is 0.619 e. The van der Waals surface area contributed by atoms with Gasteiger partial charge in [-0.2, -0.15) is 4.73 Å². The molecule has 9 heteroatoms. The molecule has 0 saturated carbocycles. The third kappa shape index (κ3) is 6.58. The number of hydrogen-bond donors (Lipinski definition) is 0. The maximum atomic E-state index is 12.9. The number of amides is 2. The van der Waals surface area contributed by atoms with Crippen LogP contribution in [-0.2, 0) is 11.3 Å². The summed E-state index contributed by atoms with van der Waals surface area (Å²) in [5.74, 6) is 0.400. The number of carbonyl (C=O) groups is 2. The fourth-order valence-electron chi connectivity index (χ4n) is 4.02. The van der Waals surface area contributed by atoms with Gasteiger partial charge in [0.05, 0.1) is 19.2 Å². The highest BCUT2D eigenvalue weighted by Gasteiger charge is 2.44. The molecule has 0 bridgehead atoms. The number of quaternary nitrogens is 1. The van der Waals surface area contributed by atoms with Gasteiger partial charge < -0.3 is 24.6 Å². The number of pyridine rings is 1. The van der Waals surface area contributed by atoms with Crippen molar-refractivity contribution in [3.8, 4) is 5.75 Å². The molecule has 1 aliphatic heterocycles. The summed E-state index contributed by atoms with van der Waals surface area (Å²) in [7, 11) is 0. The molecule has 2 atom stereocenters. The second-order valence-electron chi connectivity index (χ2n) is 9.33. The summed E-state index contributed by atoms with van der Waals surface area (Å²) < 4.78 is 11.6. The van der Waals surface area contributed by atoms with Crippen LogP contribution in [0.25, 0.3) is 0 Å². The normalized spacial score (nSPS) is 20.8. The van der Waals surface area contributed by atoms with Gasteiger partial charge in [0.25, 0.3) is 6.09 Å². The molecular formula is C24H31N3O6. The first-order chi connectivity index (χ1) is 15.6. The Kier molecular flexibility index (Phi) is 7.43. The molecule has 0 spiro atoms. The van der Waals surface area contributed by atoms with Gasteiger partial charge in [0, 0.05) is 18.1 Å². The SMILES string of the molecule is CC(C)(C)OC(=O)N1CC[N+](Cc2ccccc2)(C(=O)[O-])C[C@H]1CCOc1ccc[n+]([O-])c1. The van der Waals surface area contributed by atoms with Crippen LogP contribution in [0.5, 0.6) is 5.75 Å². The Morgan fingerprint density at radius 2 is 1.91 bits per heavy atom. The molecule has 178 valence electrons. The van der Waals surface area contributed by atoms with Gasteiger partial charge in [0.15, 0.2) is 11.9 Å². The van der Waals surface area contributed by atoms with E-state index in [1.54, 1.807) is 37.8 Å². The first-order valence-electron chi connectivity index (χ1n) is 11.0. The average Bonchev–Trinajstić information content (AvgIpc) is 2.73. The van der Waals surface area contributed by atoms with Gasteiger partial charge in [0.1, 0.15) is 25.2 Å². The van der Waals surface area contributed by atoms with Crippen LogP contribution >= 0.6 is 0 Å². The molecule has 0 aliphatic carbocycles. The predicted molar refractivity (Wildman–Crippen MR) is 118 cm³/mol. The predicted octanol–water partition coefficient (Wildman–Crippen LogP) is 2.07. The van der Waals surface area contributed by atoms with E-state index in [1.165, 1.54) is 12.4 Å². The molecule has 2 amide bonds. The van der Waals surface area contributed by atoms with E-state index in [-0.39, 0.29) is 37.3 Å². The van der Waals surface area contributed by atoms with Crippen LogP contribution in [0.15, 0.2) is 54.9 Å². The van der Waals surface area contributed by atoms with Crippen molar-refractivity contribution < 1.29 is 33.4 Å². The number of nitrogens with zero attached hydrogens (tertiary/aromatic N) is 3. The highest BCUT2D eigenvalue weighted by molar-refractivity contribution is 5.69. The Morgan fingerprint density at radius 3 is 2.55 bits per heavy atom. The minimum absolute atomic E-state index is 0.163. The highest BCUT2D eigenvalue weighted by atomic mass is 16.6. The number of carbonyl (C=O) groups excluding carboxylic acids is 2. The van der Waals surface area contributed by atoms with Crippen LogP contribution in [0, 0.1) is 5.21 Å². The van der Waals surface area contributed by atoms with Gasteiger partial charge >= 0.3 is 6.09 Å². The van der Waals surface area contributed by atoms with Gasteiger partial charge in [-0.15, -0.1) is 0 Å². The number of rotatable bonds is 6. The summed E-state index contributed by atoms with van der Waals surface area (Å²) in [6, 6.07) is 12.2. The molecule has 1 saturated heterocycles. The van der Waals surface area contributed by atoms with Crippen molar-refractivity contribution in [2.75, 3.05) is 26.2 Å². The molecule has 1 fully saturated rings. The quantitative estimate of drug-likeness (QED) is 0.374. The third-order valence-corrected chi connectivity index (χ3v) is 5.58. The molecule has 9 nitrogen and oxygen atoms in total. The Labute approximate surface area is 193 Å². The van der Waals surface area contributed by atoms with Crippen LogP contribution in [-0.4, -0.2) is 59.5 Å². The molecule has 0 radical (unpaired) electrons. The van der Waals surface area contributed by atoms with Gasteiger partial charge in [-0.05, 0) is 26.8 Å². The topological polar surface area (TPSA) is 106 Å². The minimum Gasteiger partial charge on any atom is -0.619 e. The monoisotopic (exact) mass is 457 g/mol. The molecule has 0 N–H and O–H groups in total. The number of ether oxygens (including phenoxy) is 2. The van der Waals surface area contributed by atoms with Crippen molar-refractivity contribution in [1.29, 1.82) is 0 Å². The van der Waals surface area contributed by atoms with Crippen LogP contribution in [0.1, 0.15) is 32.8 Å². The van der Waals surface area contributed by atoms with E-state index in [1.807, 2.05) is 30.3 Å². The van der Waals surface area contributed by atoms with E-state index in [0.29, 0.717) is 16.9 Å². The zero-order valence-corrected chi connectivity index (χ0v) is 19.3. The lowest BCUT2D eigenvalue weighted by Crippen LogP contribution is -2.69. The molecule has 2 aromatic rings. The molecular weight excluding hydrogens is 426 g/mol. The van der Waals surface area contributed by atoms with Crippen LogP contribution < -0.4 is 14.6 Å². The van der Waals surface area contributed by atoms with Gasteiger partial charge in [-0.25, -0.2) is 4.79 Å². The van der Waals surface area contributed by atoms with E-state index in [0.717, 1.165) is 5.56 Å². The number of aromatic nitrogens is 1. The van der Waals surface area contributed by atoms with Crippen LogP contribution in [0.4, 0.5) is 9.59 Å². The number of piperazine rings is 1. The Hall–Kier alpha value is -3.33. The van der Waals surface area contributed by atoms with Gasteiger partial charge in [0.2, 0.25) is 6.20 Å². The van der Waals surface area contributed by atoms with Crippen molar-refractivity contribution in [2.24, 2.45) is 0 Å². The summed E-state index contributed by atoms with van der Waals surface area (Å²) in [6.45, 7) is 6.42. The van der Waals surface area contributed by atoms with Crippen molar-refractivity contribution in [1.82, 2.24) is 4.90 Å². The van der Waals surface area contributed by atoms with E-state index in [4.69, 9.17) is 9.47 Å². The third-order valence-electron chi connectivity index (χ3n) is 5.58. The van der Waals surface area contributed by atoms with E-state index >= 15 is 0 Å². The van der Waals surface area contributed by atoms with Crippen molar-refractivity contribution in [3.05, 3.63) is 65.6 Å². The van der Waals surface area contributed by atoms with E-state index in [2.05, 4.69) is 0 Å². The zero-order valence-electron chi connectivity index (χ0n) is 19.3. The summed E-state index contributed by atoms with van der Waals surface area (Å²) in [6.07, 6.45) is 1.37. The lowest BCUT2D eigenvalue weighted by atomic mass is 10.0. The molecule has 33 heavy (non-hydrogen) atoms. The molecule has 3 rings (SSSR count). The lowest BCUT2D eigenvalue weighted by Gasteiger charge is -2.48. The highest BCUT2D eigenvalue weighted by Crippen LogP contribution is 2.26. The number of carboxylic acid groups (broad SMARTS) is 1. The van der Waals surface area contributed by atoms with Crippen molar-refractivity contribution in [2.45, 2.75) is 45.4 Å². The summed E-state index contributed by atoms with van der Waals surface area (Å²) in [5.41, 5.74) is 0.206. The average molecular weight is 458 g/mol. The summed E-state index contributed by atoms with van der Waals surface area (Å²) in [5, 5.41) is 23.8. The fraction of sp³-hybridized carbons (Fsp3) is 0.458. The van der Waals surface area contributed by atoms with Crippen molar-refractivity contribution >= 4 is 12.2 Å². The summed E-state index contributed by atoms with van der Waals surface area (Å²) in [4.78, 5) is 26.8. The Morgan fingerprint density at radius 1 is 1.18 bits per heavy atom. The van der Waals surface area contributed by atoms with Gasteiger partial charge in [-0.3, -0.25) is 9.38 Å². The molecule has 1 aliphatic rings. The maximum absolute atomic E-state index is 12.9. The first kappa shape index (κ1) is 24.3. The number of benzene rings is 1. The standard InChI is InChI=1S/C24H31N3O6/c1-24(2,3)33-22(28)26-13-14-27(23(29)30,17-19-8-5-4-6-9-19)18-20(26)11-15-32-21-10-7-12-25(31)16-21/h4-10,12,16,20H,11,13-15,17-18H2,1-3H3/t20-,27?/m1/s1. The zero-order chi connectivity index (χ0) is 24.1. The van der Waals surface area contributed by atoms with Crippen LogP contribution in [0.2, 0.25) is 0 Å². The van der Waals surface area contributed by atoms with E-state index < -0.39 is 23.8 Å². The minimum atomic E-state index is -1.18. The Bertz CT molecular complexity index is 962. The van der Waals surface area contributed by atoms with E-state index in [9.17, 15) is 19.9 Å². The first-order valence-corrected chi connectivity index (χ1v) is 11.0. The smallest absolute Gasteiger partial charge is 0.410 e. The fourth-order valence-corrected chi connectivity index (χ4v) is 4.02. The Balaban J connectivity index is 1.79. The van der Waals surface area contributed by atoms with Gasteiger partial charge in [-0.1, -0.05) is 30.3 Å². The second-order valence-corrected chi connectivity index (χ2v) is 9.33. The molecule has 1 aromatic heterocycles. The molecule has 1 aromatic carbocycles. The second kappa shape index (κ2) is 10.1. The lowest BCUT2D eigenvalue weighted by molar-refractivity contribution is -0.895. The number of hydrogen-bond acceptors (Lipinski definition) is 6. The molecule has 1 unspecified atom stereocenters. The summed E-state index contributed by atoms with van der Waals surface area (Å²) >= 11 is 0.